The van der Waals surface area contributed by atoms with Crippen molar-refractivity contribution in [1.29, 1.82) is 0 Å². The van der Waals surface area contributed by atoms with E-state index in [4.69, 9.17) is 21.1 Å². The molecule has 11 heteroatoms. The molecule has 1 atom stereocenters. The standard InChI is InChI=1S/C29H34ClFN4O5.C3H8/c1-16(36)24-21-13-23(17(2)39-6)33-26(37)25(21)35(14-18-12-19(31)9-10-22(18)30)27(24)34-11-7-8-20(15-34)32-28(38)40-29(3,4)5;1-3-2/h9-10,12-13,20H,2,7-8,11,14-15H2,1,3-6H3,(H,32,38)(H,33,37);3H2,1-2H3/t20-;/m1./s1. The zero-order valence-electron chi connectivity index (χ0n) is 26.0. The number of nitrogens with zero attached hydrogens (tertiary/aromatic N) is 2. The van der Waals surface area contributed by atoms with E-state index >= 15 is 0 Å². The Morgan fingerprint density at radius 2 is 1.91 bits per heavy atom. The Labute approximate surface area is 257 Å². The largest absolute Gasteiger partial charge is 0.495 e. The van der Waals surface area contributed by atoms with E-state index in [1.807, 2.05) is 4.90 Å². The number of H-pyrrole nitrogens is 1. The lowest BCUT2D eigenvalue weighted by atomic mass is 10.0. The van der Waals surface area contributed by atoms with Gasteiger partial charge < -0.3 is 29.2 Å². The number of rotatable bonds is 7. The summed E-state index contributed by atoms with van der Waals surface area (Å²) < 4.78 is 26.6. The number of amides is 1. The first kappa shape index (κ1) is 33.7. The number of nitrogens with one attached hydrogen (secondary N) is 2. The van der Waals surface area contributed by atoms with Gasteiger partial charge in [-0.3, -0.25) is 9.59 Å². The van der Waals surface area contributed by atoms with E-state index in [0.29, 0.717) is 59.0 Å². The van der Waals surface area contributed by atoms with Crippen molar-refractivity contribution in [2.45, 2.75) is 79.0 Å². The van der Waals surface area contributed by atoms with Gasteiger partial charge in [-0.2, -0.15) is 0 Å². The molecule has 2 aromatic heterocycles. The number of ether oxygens (including phenoxy) is 2. The number of pyridine rings is 1. The summed E-state index contributed by atoms with van der Waals surface area (Å²) in [6.07, 6.45) is 2.14. The minimum Gasteiger partial charge on any atom is -0.495 e. The predicted molar refractivity (Wildman–Crippen MR) is 170 cm³/mol. The number of methoxy groups -OCH3 is 1. The Hall–Kier alpha value is -3.79. The number of fused-ring (bicyclic) bond motifs is 1. The van der Waals surface area contributed by atoms with Crippen LogP contribution in [0, 0.1) is 5.82 Å². The second kappa shape index (κ2) is 14.1. The average molecular weight is 617 g/mol. The number of anilines is 1. The van der Waals surface area contributed by atoms with Gasteiger partial charge in [0, 0.05) is 29.5 Å². The molecule has 0 radical (unpaired) electrons. The number of piperidine rings is 1. The summed E-state index contributed by atoms with van der Waals surface area (Å²) in [4.78, 5) is 44.0. The summed E-state index contributed by atoms with van der Waals surface area (Å²) in [5, 5.41) is 3.66. The molecule has 0 aliphatic carbocycles. The number of hydrogen-bond acceptors (Lipinski definition) is 6. The van der Waals surface area contributed by atoms with Crippen molar-refractivity contribution in [3.05, 3.63) is 68.9 Å². The summed E-state index contributed by atoms with van der Waals surface area (Å²) in [7, 11) is 1.44. The van der Waals surface area contributed by atoms with Crippen LogP contribution in [0.2, 0.25) is 5.02 Å². The highest BCUT2D eigenvalue weighted by atomic mass is 35.5. The SMILES string of the molecule is C=C(OC)c1cc2c(C(C)=O)c(N3CCC[C@@H](NC(=O)OC(C)(C)C)C3)n(Cc3cc(F)ccc3Cl)c2c(=O)[nH]1.CCC. The molecular formula is C32H42ClFN4O5. The Morgan fingerprint density at radius 3 is 2.51 bits per heavy atom. The Bertz CT molecular complexity index is 1560. The quantitative estimate of drug-likeness (QED) is 0.221. The van der Waals surface area contributed by atoms with Gasteiger partial charge in [0.1, 0.15) is 28.5 Å². The van der Waals surface area contributed by atoms with Crippen molar-refractivity contribution in [3.8, 4) is 0 Å². The molecular weight excluding hydrogens is 575 g/mol. The van der Waals surface area contributed by atoms with Crippen molar-refractivity contribution in [2.24, 2.45) is 0 Å². The van der Waals surface area contributed by atoms with Crippen molar-refractivity contribution in [1.82, 2.24) is 14.9 Å². The number of aromatic amines is 1. The van der Waals surface area contributed by atoms with Crippen LogP contribution in [-0.2, 0) is 16.0 Å². The van der Waals surface area contributed by atoms with Gasteiger partial charge in [-0.05, 0) is 70.4 Å². The first-order valence-electron chi connectivity index (χ1n) is 14.4. The predicted octanol–water partition coefficient (Wildman–Crippen LogP) is 6.90. The Morgan fingerprint density at radius 1 is 1.23 bits per heavy atom. The van der Waals surface area contributed by atoms with Crippen LogP contribution >= 0.6 is 11.6 Å². The maximum absolute atomic E-state index is 14.2. The lowest BCUT2D eigenvalue weighted by molar-refractivity contribution is 0.0499. The highest BCUT2D eigenvalue weighted by molar-refractivity contribution is 6.31. The first-order valence-corrected chi connectivity index (χ1v) is 14.8. The molecule has 0 spiro atoms. The van der Waals surface area contributed by atoms with E-state index in [9.17, 15) is 18.8 Å². The van der Waals surface area contributed by atoms with E-state index in [2.05, 4.69) is 30.7 Å². The zero-order valence-corrected chi connectivity index (χ0v) is 26.8. The second-order valence-corrected chi connectivity index (χ2v) is 12.0. The molecule has 1 saturated heterocycles. The molecule has 0 bridgehead atoms. The van der Waals surface area contributed by atoms with Gasteiger partial charge in [0.2, 0.25) is 0 Å². The summed E-state index contributed by atoms with van der Waals surface area (Å²) >= 11 is 6.43. The van der Waals surface area contributed by atoms with Crippen molar-refractivity contribution >= 4 is 46.0 Å². The number of ketones is 1. The van der Waals surface area contributed by atoms with Gasteiger partial charge in [-0.1, -0.05) is 38.4 Å². The van der Waals surface area contributed by atoms with Gasteiger partial charge in [0.15, 0.2) is 5.78 Å². The number of aromatic nitrogens is 2. The van der Waals surface area contributed by atoms with Gasteiger partial charge >= 0.3 is 6.09 Å². The number of carbonyl (C=O) groups is 2. The van der Waals surface area contributed by atoms with Gasteiger partial charge in [0.25, 0.3) is 5.56 Å². The Kier molecular flexibility index (Phi) is 11.1. The molecule has 234 valence electrons. The number of alkyl carbamates (subject to hydrolysis) is 1. The van der Waals surface area contributed by atoms with Gasteiger partial charge in [-0.15, -0.1) is 0 Å². The molecule has 1 fully saturated rings. The lowest BCUT2D eigenvalue weighted by Gasteiger charge is -2.36. The highest BCUT2D eigenvalue weighted by Crippen LogP contribution is 2.36. The van der Waals surface area contributed by atoms with Gasteiger partial charge in [0.05, 0.1) is 24.9 Å². The molecule has 0 saturated carbocycles. The normalized spacial score (nSPS) is 15.0. The van der Waals surface area contributed by atoms with Crippen LogP contribution in [0.15, 0.2) is 35.6 Å². The van der Waals surface area contributed by atoms with E-state index in [1.54, 1.807) is 31.4 Å². The molecule has 9 nitrogen and oxygen atoms in total. The third-order valence-electron chi connectivity index (χ3n) is 6.70. The number of carbonyl (C=O) groups excluding carboxylic acids is 2. The van der Waals surface area contributed by atoms with Gasteiger partial charge in [-0.25, -0.2) is 9.18 Å². The fourth-order valence-corrected chi connectivity index (χ4v) is 5.24. The maximum atomic E-state index is 14.2. The summed E-state index contributed by atoms with van der Waals surface area (Å²) in [6.45, 7) is 15.8. The van der Waals surface area contributed by atoms with E-state index < -0.39 is 23.1 Å². The van der Waals surface area contributed by atoms with Crippen LogP contribution < -0.4 is 15.8 Å². The molecule has 1 amide bonds. The van der Waals surface area contributed by atoms with Crippen LogP contribution in [0.25, 0.3) is 16.7 Å². The Balaban J connectivity index is 0.00000162. The fraction of sp³-hybridized carbons (Fsp3) is 0.469. The molecule has 3 aromatic rings. The fourth-order valence-electron chi connectivity index (χ4n) is 5.06. The smallest absolute Gasteiger partial charge is 0.407 e. The second-order valence-electron chi connectivity index (χ2n) is 11.6. The van der Waals surface area contributed by atoms with Crippen LogP contribution in [0.1, 0.15) is 82.4 Å². The van der Waals surface area contributed by atoms with Crippen molar-refractivity contribution in [2.75, 3.05) is 25.1 Å². The van der Waals surface area contributed by atoms with Crippen LogP contribution in [0.3, 0.4) is 0 Å². The highest BCUT2D eigenvalue weighted by Gasteiger charge is 2.31. The lowest BCUT2D eigenvalue weighted by Crippen LogP contribution is -2.49. The average Bonchev–Trinajstić information content (AvgIpc) is 3.24. The molecule has 0 unspecified atom stereocenters. The minimum absolute atomic E-state index is 0.0318. The molecule has 3 heterocycles. The van der Waals surface area contributed by atoms with Crippen molar-refractivity contribution < 1.29 is 23.5 Å². The van der Waals surface area contributed by atoms with E-state index in [-0.39, 0.29) is 29.6 Å². The summed E-state index contributed by atoms with van der Waals surface area (Å²) in [6, 6.07) is 5.41. The molecule has 1 aliphatic rings. The molecule has 1 aromatic carbocycles. The van der Waals surface area contributed by atoms with Crippen LogP contribution in [0.4, 0.5) is 15.0 Å². The minimum atomic E-state index is -0.651. The molecule has 43 heavy (non-hydrogen) atoms. The first-order chi connectivity index (χ1) is 20.2. The third-order valence-corrected chi connectivity index (χ3v) is 7.07. The number of hydrogen-bond donors (Lipinski definition) is 2. The maximum Gasteiger partial charge on any atom is 0.407 e. The molecule has 2 N–H and O–H groups in total. The van der Waals surface area contributed by atoms with E-state index in [0.717, 1.165) is 0 Å². The third kappa shape index (κ3) is 8.19. The monoisotopic (exact) mass is 616 g/mol. The summed E-state index contributed by atoms with van der Waals surface area (Å²) in [5.41, 5.74) is 0.222. The van der Waals surface area contributed by atoms with E-state index in [1.165, 1.54) is 38.7 Å². The number of benzene rings is 1. The molecule has 1 aliphatic heterocycles. The topological polar surface area (TPSA) is 106 Å². The molecule has 4 rings (SSSR count). The number of halogens is 2. The van der Waals surface area contributed by atoms with Crippen molar-refractivity contribution in [3.63, 3.8) is 0 Å². The van der Waals surface area contributed by atoms with Crippen LogP contribution in [-0.4, -0.2) is 53.3 Å². The zero-order chi connectivity index (χ0) is 32.1. The number of Topliss-reactive ketones (excluding diaryl/α,β-unsaturated/α-hetero) is 1. The van der Waals surface area contributed by atoms with Crippen LogP contribution in [0.5, 0.6) is 0 Å². The summed E-state index contributed by atoms with van der Waals surface area (Å²) in [5.74, 6) is -0.0120.